The first-order valence-corrected chi connectivity index (χ1v) is 29.5. The maximum absolute atomic E-state index is 12.9. The first-order chi connectivity index (χ1) is 31.0. The largest absolute Gasteiger partial charge is 0.756 e. The number of carbonyl (C=O) groups excluding carboxylic acids is 1. The monoisotopic (exact) mass is 927 g/mol. The number of aliphatic hydroxyl groups is 1. The summed E-state index contributed by atoms with van der Waals surface area (Å²) in [6, 6.07) is -0.880. The van der Waals surface area contributed by atoms with E-state index in [1.165, 1.54) is 225 Å². The Kier molecular flexibility index (Phi) is 46.8. The summed E-state index contributed by atoms with van der Waals surface area (Å²) in [5.41, 5.74) is 0. The summed E-state index contributed by atoms with van der Waals surface area (Å²) in [4.78, 5) is 25.4. The lowest BCUT2D eigenvalue weighted by molar-refractivity contribution is -0.870. The molecule has 0 bridgehead atoms. The van der Waals surface area contributed by atoms with Crippen LogP contribution in [-0.2, 0) is 18.4 Å². The lowest BCUT2D eigenvalue weighted by atomic mass is 10.0. The normalized spacial score (nSPS) is 14.0. The molecule has 0 aliphatic rings. The van der Waals surface area contributed by atoms with Gasteiger partial charge in [-0.05, 0) is 19.3 Å². The van der Waals surface area contributed by atoms with Crippen LogP contribution in [0.1, 0.15) is 284 Å². The highest BCUT2D eigenvalue weighted by atomic mass is 31.2. The summed E-state index contributed by atoms with van der Waals surface area (Å²) in [7, 11) is 1.27. The molecule has 8 nitrogen and oxygen atoms in total. The molecule has 2 N–H and O–H groups in total. The van der Waals surface area contributed by atoms with E-state index >= 15 is 0 Å². The molecule has 0 saturated carbocycles. The van der Waals surface area contributed by atoms with Crippen molar-refractivity contribution in [1.82, 2.24) is 5.32 Å². The maximum atomic E-state index is 12.9. The van der Waals surface area contributed by atoms with Gasteiger partial charge in [0.05, 0.1) is 39.9 Å². The van der Waals surface area contributed by atoms with Crippen LogP contribution in [0.25, 0.3) is 0 Å². The van der Waals surface area contributed by atoms with E-state index in [1.807, 2.05) is 27.2 Å². The molecule has 0 aromatic heterocycles. The van der Waals surface area contributed by atoms with Crippen molar-refractivity contribution in [2.45, 2.75) is 296 Å². The van der Waals surface area contributed by atoms with Crippen LogP contribution in [0.15, 0.2) is 12.2 Å². The fourth-order valence-electron chi connectivity index (χ4n) is 8.57. The zero-order valence-corrected chi connectivity index (χ0v) is 44.4. The van der Waals surface area contributed by atoms with E-state index in [0.29, 0.717) is 17.4 Å². The van der Waals surface area contributed by atoms with Crippen LogP contribution in [0.2, 0.25) is 0 Å². The zero-order valence-electron chi connectivity index (χ0n) is 43.5. The van der Waals surface area contributed by atoms with Gasteiger partial charge < -0.3 is 28.8 Å². The predicted molar refractivity (Wildman–Crippen MR) is 275 cm³/mol. The minimum absolute atomic E-state index is 0.00218. The number of hydrogen-bond acceptors (Lipinski definition) is 6. The van der Waals surface area contributed by atoms with Gasteiger partial charge in [0.1, 0.15) is 13.2 Å². The van der Waals surface area contributed by atoms with E-state index in [0.717, 1.165) is 38.5 Å². The Labute approximate surface area is 399 Å². The smallest absolute Gasteiger partial charge is 0.268 e. The van der Waals surface area contributed by atoms with Gasteiger partial charge >= 0.3 is 0 Å². The fourth-order valence-corrected chi connectivity index (χ4v) is 9.29. The van der Waals surface area contributed by atoms with Gasteiger partial charge in [0.25, 0.3) is 7.82 Å². The van der Waals surface area contributed by atoms with E-state index in [1.54, 1.807) is 6.08 Å². The van der Waals surface area contributed by atoms with Gasteiger partial charge in [-0.25, -0.2) is 0 Å². The van der Waals surface area contributed by atoms with Crippen molar-refractivity contribution in [3.05, 3.63) is 12.2 Å². The summed E-state index contributed by atoms with van der Waals surface area (Å²) in [6.45, 7) is 4.67. The van der Waals surface area contributed by atoms with Crippen LogP contribution in [0.3, 0.4) is 0 Å². The van der Waals surface area contributed by atoms with Crippen LogP contribution < -0.4 is 10.2 Å². The van der Waals surface area contributed by atoms with Crippen molar-refractivity contribution in [3.8, 4) is 0 Å². The predicted octanol–water partition coefficient (Wildman–Crippen LogP) is 16.0. The number of nitrogens with zero attached hydrogens (tertiary/aromatic N) is 1. The molecule has 382 valence electrons. The van der Waals surface area contributed by atoms with Crippen LogP contribution >= 0.6 is 7.82 Å². The molecule has 0 heterocycles. The van der Waals surface area contributed by atoms with Crippen LogP contribution in [0.5, 0.6) is 0 Å². The molecule has 0 saturated heterocycles. The van der Waals surface area contributed by atoms with Crippen LogP contribution in [0.4, 0.5) is 0 Å². The van der Waals surface area contributed by atoms with Crippen molar-refractivity contribution >= 4 is 13.7 Å². The average molecular weight is 927 g/mol. The van der Waals surface area contributed by atoms with Gasteiger partial charge in [-0.2, -0.15) is 0 Å². The number of phosphoric acid groups is 1. The average Bonchev–Trinajstić information content (AvgIpc) is 3.25. The van der Waals surface area contributed by atoms with Crippen LogP contribution in [-0.4, -0.2) is 68.5 Å². The van der Waals surface area contributed by atoms with E-state index in [2.05, 4.69) is 19.2 Å². The number of phosphoric ester groups is 1. The lowest BCUT2D eigenvalue weighted by Crippen LogP contribution is -2.45. The molecule has 1 amide bonds. The summed E-state index contributed by atoms with van der Waals surface area (Å²) in [6.07, 6.45) is 57.3. The Morgan fingerprint density at radius 3 is 1.17 bits per heavy atom. The number of rotatable bonds is 52. The third-order valence-corrected chi connectivity index (χ3v) is 14.0. The summed E-state index contributed by atoms with van der Waals surface area (Å²) in [5, 5.41) is 13.8. The summed E-state index contributed by atoms with van der Waals surface area (Å²) in [5.74, 6) is -0.193. The number of allylic oxidation sites excluding steroid dienone is 1. The molecule has 0 aromatic carbocycles. The standard InChI is InChI=1S/C55H111N2O6P/c1-6-8-10-12-14-16-18-19-20-21-22-23-24-25-26-27-28-29-30-31-32-33-34-35-36-37-39-41-43-45-47-49-55(59)56-53(52-63-64(60,61)62-51-50-57(3,4)5)54(58)48-46-44-42-40-38-17-15-13-11-9-7-2/h46,48,53-54,58H,6-45,47,49-52H2,1-5H3,(H-,56,59,60,61)/b48-46+/t53-,54+/m0/s1. The second kappa shape index (κ2) is 47.3. The SMILES string of the molecule is CCCCCCCCCCC/C=C/[C@@H](O)[C@H](COP(=O)([O-])OCC[N+](C)(C)C)NC(=O)CCCCCCCCCCCCCCCCCCCCCCCCCCCCCCCCC. The Balaban J connectivity index is 3.95. The molecule has 3 atom stereocenters. The molecular formula is C55H111N2O6P. The summed E-state index contributed by atoms with van der Waals surface area (Å²) < 4.78 is 23.2. The van der Waals surface area contributed by atoms with Crippen molar-refractivity contribution in [3.63, 3.8) is 0 Å². The summed E-state index contributed by atoms with van der Waals surface area (Å²) >= 11 is 0. The number of aliphatic hydroxyl groups excluding tert-OH is 1. The van der Waals surface area contributed by atoms with Gasteiger partial charge in [-0.15, -0.1) is 0 Å². The fraction of sp³-hybridized carbons (Fsp3) is 0.945. The Morgan fingerprint density at radius 1 is 0.531 bits per heavy atom. The van der Waals surface area contributed by atoms with Crippen LogP contribution in [0, 0.1) is 0 Å². The molecule has 0 aromatic rings. The van der Waals surface area contributed by atoms with Crippen molar-refractivity contribution < 1.29 is 32.9 Å². The van der Waals surface area contributed by atoms with E-state index in [-0.39, 0.29) is 19.1 Å². The van der Waals surface area contributed by atoms with Crippen molar-refractivity contribution in [2.75, 3.05) is 40.9 Å². The topological polar surface area (TPSA) is 108 Å². The number of unbranched alkanes of at least 4 members (excludes halogenated alkanes) is 39. The Morgan fingerprint density at radius 2 is 0.844 bits per heavy atom. The zero-order chi connectivity index (χ0) is 47.1. The highest BCUT2D eigenvalue weighted by Gasteiger charge is 2.23. The Hall–Kier alpha value is -0.760. The number of nitrogens with one attached hydrogen (secondary N) is 1. The second-order valence-corrected chi connectivity index (χ2v) is 22.1. The molecule has 0 fully saturated rings. The molecule has 0 spiro atoms. The van der Waals surface area contributed by atoms with Crippen molar-refractivity contribution in [1.29, 1.82) is 0 Å². The molecule has 64 heavy (non-hydrogen) atoms. The van der Waals surface area contributed by atoms with Gasteiger partial charge in [-0.3, -0.25) is 9.36 Å². The third kappa shape index (κ3) is 49.2. The first-order valence-electron chi connectivity index (χ1n) is 28.1. The number of carbonyl (C=O) groups is 1. The lowest BCUT2D eigenvalue weighted by Gasteiger charge is -2.29. The quantitative estimate of drug-likeness (QED) is 0.0272. The molecule has 9 heteroatoms. The maximum Gasteiger partial charge on any atom is 0.268 e. The number of likely N-dealkylation sites (N-methyl/N-ethyl adjacent to an activating group) is 1. The molecule has 0 radical (unpaired) electrons. The molecule has 0 aliphatic carbocycles. The number of hydrogen-bond donors (Lipinski definition) is 2. The third-order valence-electron chi connectivity index (χ3n) is 13.0. The van der Waals surface area contributed by atoms with Gasteiger partial charge in [-0.1, -0.05) is 270 Å². The Bertz CT molecular complexity index is 1050. The van der Waals surface area contributed by atoms with E-state index in [9.17, 15) is 19.4 Å². The van der Waals surface area contributed by atoms with E-state index in [4.69, 9.17) is 9.05 Å². The molecule has 1 unspecified atom stereocenters. The minimum atomic E-state index is -4.58. The highest BCUT2D eigenvalue weighted by Crippen LogP contribution is 2.38. The second-order valence-electron chi connectivity index (χ2n) is 20.7. The van der Waals surface area contributed by atoms with E-state index < -0.39 is 20.0 Å². The van der Waals surface area contributed by atoms with Gasteiger partial charge in [0.15, 0.2) is 0 Å². The molecular weight excluding hydrogens is 816 g/mol. The highest BCUT2D eigenvalue weighted by molar-refractivity contribution is 7.45. The first kappa shape index (κ1) is 63.2. The van der Waals surface area contributed by atoms with Gasteiger partial charge in [0.2, 0.25) is 5.91 Å². The van der Waals surface area contributed by atoms with Gasteiger partial charge in [0, 0.05) is 6.42 Å². The molecule has 0 aliphatic heterocycles. The minimum Gasteiger partial charge on any atom is -0.756 e. The number of amides is 1. The van der Waals surface area contributed by atoms with Crippen molar-refractivity contribution in [2.24, 2.45) is 0 Å². The molecule has 0 rings (SSSR count). The number of quaternary nitrogens is 1.